The van der Waals surface area contributed by atoms with Gasteiger partial charge in [-0.05, 0) is 52.1 Å². The molecule has 0 spiro atoms. The second-order valence-electron chi connectivity index (χ2n) is 11.5. The van der Waals surface area contributed by atoms with E-state index in [9.17, 15) is 0 Å². The van der Waals surface area contributed by atoms with Crippen LogP contribution in [-0.2, 0) is 6.42 Å². The van der Waals surface area contributed by atoms with Crippen molar-refractivity contribution in [1.29, 1.82) is 0 Å². The molecule has 4 heteroatoms. The first-order valence-electron chi connectivity index (χ1n) is 15.2. The summed E-state index contributed by atoms with van der Waals surface area (Å²) >= 11 is 0. The molecular formula is C40H28N4. The van der Waals surface area contributed by atoms with E-state index >= 15 is 0 Å². The fourth-order valence-electron chi connectivity index (χ4n) is 6.98. The van der Waals surface area contributed by atoms with Gasteiger partial charge in [0, 0.05) is 34.9 Å². The lowest BCUT2D eigenvalue weighted by molar-refractivity contribution is 0.853. The summed E-state index contributed by atoms with van der Waals surface area (Å²) < 4.78 is 2.40. The highest BCUT2D eigenvalue weighted by atomic mass is 15.1. The molecule has 1 aliphatic rings. The Morgan fingerprint density at radius 1 is 0.614 bits per heavy atom. The Morgan fingerprint density at radius 2 is 1.39 bits per heavy atom. The summed E-state index contributed by atoms with van der Waals surface area (Å²) in [4.78, 5) is 14.7. The van der Waals surface area contributed by atoms with Crippen LogP contribution in [0.5, 0.6) is 0 Å². The zero-order valence-corrected chi connectivity index (χ0v) is 24.3. The van der Waals surface area contributed by atoms with E-state index in [1.165, 1.54) is 39.0 Å². The summed E-state index contributed by atoms with van der Waals surface area (Å²) in [7, 11) is 0. The van der Waals surface area contributed by atoms with Crippen LogP contribution in [0.2, 0.25) is 0 Å². The molecule has 0 radical (unpaired) electrons. The average Bonchev–Trinajstić information content (AvgIpc) is 3.48. The van der Waals surface area contributed by atoms with Gasteiger partial charge in [-0.3, -0.25) is 9.55 Å². The number of benzene rings is 5. The Bertz CT molecular complexity index is 2370. The summed E-state index contributed by atoms with van der Waals surface area (Å²) in [6.45, 7) is 2.19. The largest absolute Gasteiger partial charge is 0.296 e. The number of rotatable bonds is 4. The number of imidazole rings is 1. The quantitative estimate of drug-likeness (QED) is 0.200. The van der Waals surface area contributed by atoms with Crippen LogP contribution in [0.15, 0.2) is 134 Å². The third-order valence-corrected chi connectivity index (χ3v) is 9.07. The fraction of sp³-hybridized carbons (Fsp3) is 0.0750. The highest BCUT2D eigenvalue weighted by Gasteiger charge is 2.30. The molecule has 5 aromatic carbocycles. The van der Waals surface area contributed by atoms with Gasteiger partial charge in [0.2, 0.25) is 0 Å². The van der Waals surface area contributed by atoms with Gasteiger partial charge in [0.05, 0.1) is 33.4 Å². The van der Waals surface area contributed by atoms with Crippen molar-refractivity contribution in [2.45, 2.75) is 19.3 Å². The molecule has 1 aliphatic heterocycles. The van der Waals surface area contributed by atoms with E-state index in [0.717, 1.165) is 50.8 Å². The minimum absolute atomic E-state index is 0.157. The molecule has 0 saturated heterocycles. The third kappa shape index (κ3) is 3.74. The monoisotopic (exact) mass is 564 g/mol. The topological polar surface area (TPSA) is 43.6 Å². The van der Waals surface area contributed by atoms with Gasteiger partial charge in [0.15, 0.2) is 0 Å². The standard InChI is InChI=1S/C40H28N4/c1-2-36-42-34-12-6-11-32-37(27-8-4-3-5-9-27)31-21-19-30(24-35(31)44(36)40(32)34)25-13-15-26(16-14-25)33-22-20-29-18-17-28-10-7-23-41-38(28)39(29)43-33/h3-24,37H,2H2,1H3. The van der Waals surface area contributed by atoms with Crippen LogP contribution < -0.4 is 0 Å². The van der Waals surface area contributed by atoms with Gasteiger partial charge in [-0.2, -0.15) is 0 Å². The number of pyridine rings is 2. The van der Waals surface area contributed by atoms with Crippen LogP contribution in [-0.4, -0.2) is 19.5 Å². The average molecular weight is 565 g/mol. The van der Waals surface area contributed by atoms with Gasteiger partial charge in [-0.1, -0.05) is 110 Å². The van der Waals surface area contributed by atoms with Gasteiger partial charge in [-0.15, -0.1) is 0 Å². The molecule has 208 valence electrons. The molecule has 4 nitrogen and oxygen atoms in total. The first-order valence-corrected chi connectivity index (χ1v) is 15.2. The lowest BCUT2D eigenvalue weighted by Crippen LogP contribution is -2.16. The van der Waals surface area contributed by atoms with Crippen molar-refractivity contribution in [3.8, 4) is 28.1 Å². The predicted molar refractivity (Wildman–Crippen MR) is 179 cm³/mol. The van der Waals surface area contributed by atoms with E-state index in [1.54, 1.807) is 0 Å². The van der Waals surface area contributed by atoms with Crippen LogP contribution >= 0.6 is 0 Å². The Hall–Kier alpha value is -5.61. The smallest absolute Gasteiger partial charge is 0.114 e. The molecule has 0 fully saturated rings. The number of aromatic nitrogens is 4. The van der Waals surface area contributed by atoms with Gasteiger partial charge < -0.3 is 0 Å². The molecular weight excluding hydrogens is 536 g/mol. The van der Waals surface area contributed by atoms with E-state index in [1.807, 2.05) is 12.3 Å². The van der Waals surface area contributed by atoms with Crippen LogP contribution in [0, 0.1) is 0 Å². The molecule has 44 heavy (non-hydrogen) atoms. The van der Waals surface area contributed by atoms with Crippen molar-refractivity contribution < 1.29 is 0 Å². The molecule has 0 bridgehead atoms. The second kappa shape index (κ2) is 9.72. The zero-order chi connectivity index (χ0) is 29.2. The van der Waals surface area contributed by atoms with Gasteiger partial charge >= 0.3 is 0 Å². The Balaban J connectivity index is 1.16. The molecule has 4 heterocycles. The van der Waals surface area contributed by atoms with Crippen LogP contribution in [0.4, 0.5) is 0 Å². The maximum atomic E-state index is 5.07. The summed E-state index contributed by atoms with van der Waals surface area (Å²) in [5.41, 5.74) is 13.7. The SMILES string of the molecule is CCc1nc2cccc3c2n1-c1cc(-c2ccc(-c4ccc5ccc6cccnc6c5n4)cc2)ccc1C3c1ccccc1. The first-order chi connectivity index (χ1) is 21.8. The Kier molecular flexibility index (Phi) is 5.51. The van der Waals surface area contributed by atoms with Crippen LogP contribution in [0.3, 0.4) is 0 Å². The van der Waals surface area contributed by atoms with Crippen molar-refractivity contribution in [2.75, 3.05) is 0 Å². The number of nitrogens with zero attached hydrogens (tertiary/aromatic N) is 4. The van der Waals surface area contributed by atoms with Crippen molar-refractivity contribution >= 4 is 32.8 Å². The minimum Gasteiger partial charge on any atom is -0.296 e. The van der Waals surface area contributed by atoms with Gasteiger partial charge in [-0.25, -0.2) is 9.97 Å². The molecule has 9 rings (SSSR count). The van der Waals surface area contributed by atoms with E-state index in [-0.39, 0.29) is 5.92 Å². The fourth-order valence-corrected chi connectivity index (χ4v) is 6.98. The molecule has 1 atom stereocenters. The van der Waals surface area contributed by atoms with E-state index < -0.39 is 0 Å². The summed E-state index contributed by atoms with van der Waals surface area (Å²) in [5, 5.41) is 2.20. The molecule has 8 aromatic rings. The second-order valence-corrected chi connectivity index (χ2v) is 11.5. The lowest BCUT2D eigenvalue weighted by Gasteiger charge is -2.29. The van der Waals surface area contributed by atoms with E-state index in [0.29, 0.717) is 0 Å². The molecule has 0 saturated carbocycles. The molecule has 0 amide bonds. The first kappa shape index (κ1) is 24.9. The van der Waals surface area contributed by atoms with Gasteiger partial charge in [0.25, 0.3) is 0 Å². The molecule has 0 N–H and O–H groups in total. The predicted octanol–water partition coefficient (Wildman–Crippen LogP) is 9.51. The van der Waals surface area contributed by atoms with Gasteiger partial charge in [0.1, 0.15) is 5.82 Å². The minimum atomic E-state index is 0.157. The summed E-state index contributed by atoms with van der Waals surface area (Å²) in [6.07, 6.45) is 2.70. The Labute approximate surface area is 255 Å². The molecule has 1 unspecified atom stereocenters. The number of hydrogen-bond donors (Lipinski definition) is 0. The van der Waals surface area contributed by atoms with Crippen molar-refractivity contribution in [3.63, 3.8) is 0 Å². The maximum Gasteiger partial charge on any atom is 0.114 e. The number of hydrogen-bond acceptors (Lipinski definition) is 3. The number of para-hydroxylation sites is 1. The summed E-state index contributed by atoms with van der Waals surface area (Å²) in [6, 6.07) is 45.6. The maximum absolute atomic E-state index is 5.07. The van der Waals surface area contributed by atoms with Crippen molar-refractivity contribution in [2.24, 2.45) is 0 Å². The highest BCUT2D eigenvalue weighted by molar-refractivity contribution is 6.03. The Morgan fingerprint density at radius 3 is 2.23 bits per heavy atom. The zero-order valence-electron chi connectivity index (χ0n) is 24.3. The molecule has 3 aromatic heterocycles. The highest BCUT2D eigenvalue weighted by Crippen LogP contribution is 2.45. The van der Waals surface area contributed by atoms with Crippen molar-refractivity contribution in [3.05, 3.63) is 156 Å². The van der Waals surface area contributed by atoms with Crippen LogP contribution in [0.1, 0.15) is 35.4 Å². The number of fused-ring (bicyclic) bond motifs is 5. The van der Waals surface area contributed by atoms with E-state index in [4.69, 9.17) is 9.97 Å². The normalized spacial score (nSPS) is 13.9. The lowest BCUT2D eigenvalue weighted by atomic mass is 9.81. The third-order valence-electron chi connectivity index (χ3n) is 9.07. The van der Waals surface area contributed by atoms with Crippen molar-refractivity contribution in [1.82, 2.24) is 19.5 Å². The molecule has 0 aliphatic carbocycles. The summed E-state index contributed by atoms with van der Waals surface area (Å²) in [5.74, 6) is 1.25. The number of aryl methyl sites for hydroxylation is 1. The van der Waals surface area contributed by atoms with Crippen LogP contribution in [0.25, 0.3) is 60.9 Å². The van der Waals surface area contributed by atoms with E-state index in [2.05, 4.69) is 138 Å².